The topological polar surface area (TPSA) is 190 Å². The summed E-state index contributed by atoms with van der Waals surface area (Å²) < 4.78 is 32.5. The Labute approximate surface area is 332 Å². The molecule has 0 aliphatic carbocycles. The molecule has 2 aromatic heterocycles. The Hall–Kier alpha value is -6.97. The first-order valence-corrected chi connectivity index (χ1v) is 18.4. The van der Waals surface area contributed by atoms with E-state index in [9.17, 15) is 24.3 Å². The zero-order valence-corrected chi connectivity index (χ0v) is 31.5. The van der Waals surface area contributed by atoms with Gasteiger partial charge >= 0.3 is 17.9 Å². The summed E-state index contributed by atoms with van der Waals surface area (Å²) in [7, 11) is 1.58. The molecule has 1 fully saturated rings. The van der Waals surface area contributed by atoms with Crippen molar-refractivity contribution in [3.63, 3.8) is 0 Å². The van der Waals surface area contributed by atoms with Crippen LogP contribution in [0.5, 0.6) is 5.75 Å². The Balaban J connectivity index is 1.29. The molecule has 58 heavy (non-hydrogen) atoms. The molecule has 0 radical (unpaired) electrons. The number of imidazole rings is 1. The second-order valence-corrected chi connectivity index (χ2v) is 13.3. The first-order valence-electron chi connectivity index (χ1n) is 18.4. The van der Waals surface area contributed by atoms with Crippen molar-refractivity contribution in [2.45, 2.75) is 49.9 Å². The summed E-state index contributed by atoms with van der Waals surface area (Å²) in [6.45, 7) is 0.999. The average molecular weight is 786 g/mol. The van der Waals surface area contributed by atoms with Gasteiger partial charge in [-0.3, -0.25) is 23.7 Å². The number of nitrogens with zero attached hydrogens (tertiary/aromatic N) is 4. The fourth-order valence-electron chi connectivity index (χ4n) is 6.97. The molecule has 7 rings (SSSR count). The summed E-state index contributed by atoms with van der Waals surface area (Å²) in [5.74, 6) is -2.43. The van der Waals surface area contributed by atoms with Gasteiger partial charge in [0.25, 0.3) is 5.91 Å². The van der Waals surface area contributed by atoms with E-state index < -0.39 is 66.8 Å². The van der Waals surface area contributed by atoms with Gasteiger partial charge in [0.1, 0.15) is 23.8 Å². The van der Waals surface area contributed by atoms with Gasteiger partial charge < -0.3 is 34.1 Å². The molecule has 15 nitrogen and oxygen atoms in total. The molecule has 6 aromatic rings. The molecule has 1 amide bonds. The second kappa shape index (κ2) is 17.4. The molecular formula is C43H39N5O10. The van der Waals surface area contributed by atoms with Gasteiger partial charge in [0.2, 0.25) is 0 Å². The monoisotopic (exact) mass is 785 g/mol. The number of anilines is 1. The molecule has 0 spiro atoms. The van der Waals surface area contributed by atoms with Crippen molar-refractivity contribution in [3.05, 3.63) is 150 Å². The third kappa shape index (κ3) is 8.26. The number of esters is 2. The maximum Gasteiger partial charge on any atom is 0.306 e. The van der Waals surface area contributed by atoms with E-state index in [-0.39, 0.29) is 23.6 Å². The van der Waals surface area contributed by atoms with Crippen molar-refractivity contribution in [1.29, 1.82) is 0 Å². The van der Waals surface area contributed by atoms with Crippen molar-refractivity contribution >= 4 is 40.8 Å². The van der Waals surface area contributed by atoms with E-state index in [0.717, 1.165) is 16.7 Å². The number of amides is 1. The Morgan fingerprint density at radius 1 is 0.776 bits per heavy atom. The quantitative estimate of drug-likeness (QED) is 0.0953. The lowest BCUT2D eigenvalue weighted by Crippen LogP contribution is -2.43. The van der Waals surface area contributed by atoms with Gasteiger partial charge in [-0.2, -0.15) is 0 Å². The Bertz CT molecular complexity index is 2340. The van der Waals surface area contributed by atoms with Gasteiger partial charge in [-0.25, -0.2) is 15.0 Å². The SMILES string of the molecule is COc1ccc(C(OC[C@H]2O[C@@H](n3cnc4c(NC(=O)c5ccccc5)ncnc43)[C@H](OC(=O)CCC(=O)O)[C@@H]2OC(C)=O)(c2ccccc2)c2ccccc2)cc1. The molecule has 1 aliphatic heterocycles. The number of carboxylic acids is 1. The fraction of sp³-hybridized carbons (Fsp3) is 0.233. The van der Waals surface area contributed by atoms with Crippen LogP contribution in [-0.4, -0.2) is 80.5 Å². The minimum atomic E-state index is -1.34. The smallest absolute Gasteiger partial charge is 0.306 e. The standard InChI is InChI=1S/C43H39N5O10/c1-27(49)56-37-33(24-55-43(29-14-8-4-9-15-29,30-16-10-5-11-17-30)31-18-20-32(54-2)21-19-31)57-42(38(37)58-35(52)23-22-34(50)51)48-26-46-36-39(44-25-45-40(36)48)47-41(53)28-12-6-3-7-13-28/h3-21,25-26,33,37-38,42H,22-24H2,1-2H3,(H,50,51)(H,44,45,47,53)/t33-,37-,38-,42-/m1/s1. The van der Waals surface area contributed by atoms with E-state index in [1.807, 2.05) is 84.9 Å². The molecular weight excluding hydrogens is 746 g/mol. The molecule has 0 unspecified atom stereocenters. The van der Waals surface area contributed by atoms with Gasteiger partial charge in [0, 0.05) is 12.5 Å². The number of carbonyl (C=O) groups is 4. The Morgan fingerprint density at radius 3 is 2.00 bits per heavy atom. The number of benzene rings is 4. The molecule has 1 saturated heterocycles. The number of rotatable bonds is 15. The summed E-state index contributed by atoms with van der Waals surface area (Å²) in [4.78, 5) is 63.6. The molecule has 4 aromatic carbocycles. The predicted molar refractivity (Wildman–Crippen MR) is 208 cm³/mol. The van der Waals surface area contributed by atoms with Crippen LogP contribution in [0.1, 0.15) is 53.0 Å². The van der Waals surface area contributed by atoms with Gasteiger partial charge in [-0.1, -0.05) is 91.0 Å². The number of hydrogen-bond donors (Lipinski definition) is 2. The Morgan fingerprint density at radius 2 is 1.40 bits per heavy atom. The number of carboxylic acid groups (broad SMARTS) is 1. The number of aromatic nitrogens is 4. The highest BCUT2D eigenvalue weighted by Crippen LogP contribution is 2.43. The zero-order valence-electron chi connectivity index (χ0n) is 31.5. The first-order chi connectivity index (χ1) is 28.2. The number of aliphatic carboxylic acids is 1. The van der Waals surface area contributed by atoms with Crippen LogP contribution >= 0.6 is 0 Å². The maximum atomic E-state index is 13.2. The summed E-state index contributed by atoms with van der Waals surface area (Å²) in [5, 5.41) is 12.1. The van der Waals surface area contributed by atoms with Crippen molar-refractivity contribution in [1.82, 2.24) is 19.5 Å². The van der Waals surface area contributed by atoms with Gasteiger partial charge in [0.05, 0.1) is 32.9 Å². The summed E-state index contributed by atoms with van der Waals surface area (Å²) in [6.07, 6.45) is -3.24. The molecule has 1 aliphatic rings. The molecule has 0 bridgehead atoms. The number of fused-ring (bicyclic) bond motifs is 1. The number of ether oxygens (including phenoxy) is 5. The highest BCUT2D eigenvalue weighted by Gasteiger charge is 2.52. The Kier molecular flexibility index (Phi) is 11.8. The van der Waals surface area contributed by atoms with Crippen LogP contribution in [0.3, 0.4) is 0 Å². The molecule has 2 N–H and O–H groups in total. The maximum absolute atomic E-state index is 13.2. The zero-order chi connectivity index (χ0) is 40.6. The number of nitrogens with one attached hydrogen (secondary N) is 1. The fourth-order valence-corrected chi connectivity index (χ4v) is 6.97. The van der Waals surface area contributed by atoms with Gasteiger partial charge in [-0.15, -0.1) is 0 Å². The lowest BCUT2D eigenvalue weighted by atomic mass is 9.80. The van der Waals surface area contributed by atoms with Crippen LogP contribution in [-0.2, 0) is 38.9 Å². The normalized spacial score (nSPS) is 17.7. The molecule has 296 valence electrons. The van der Waals surface area contributed by atoms with Crippen molar-refractivity contribution in [2.24, 2.45) is 0 Å². The molecule has 15 heteroatoms. The van der Waals surface area contributed by atoms with E-state index >= 15 is 0 Å². The van der Waals surface area contributed by atoms with Crippen molar-refractivity contribution in [2.75, 3.05) is 19.0 Å². The van der Waals surface area contributed by atoms with Crippen LogP contribution in [0, 0.1) is 0 Å². The molecule has 0 saturated carbocycles. The van der Waals surface area contributed by atoms with Crippen LogP contribution in [0.15, 0.2) is 128 Å². The van der Waals surface area contributed by atoms with Crippen molar-refractivity contribution in [3.8, 4) is 5.75 Å². The van der Waals surface area contributed by atoms with Gasteiger partial charge in [0.15, 0.2) is 35.4 Å². The number of carbonyl (C=O) groups excluding carboxylic acids is 3. The number of methoxy groups -OCH3 is 1. The predicted octanol–water partition coefficient (Wildman–Crippen LogP) is 5.70. The summed E-state index contributed by atoms with van der Waals surface area (Å²) in [6, 6.07) is 35.2. The largest absolute Gasteiger partial charge is 0.497 e. The highest BCUT2D eigenvalue weighted by molar-refractivity contribution is 6.06. The number of hydrogen-bond acceptors (Lipinski definition) is 12. The van der Waals surface area contributed by atoms with E-state index in [1.54, 1.807) is 37.4 Å². The van der Waals surface area contributed by atoms with Crippen LogP contribution in [0.2, 0.25) is 0 Å². The molecule has 3 heterocycles. The van der Waals surface area contributed by atoms with E-state index in [0.29, 0.717) is 11.3 Å². The third-order valence-electron chi connectivity index (χ3n) is 9.62. The third-order valence-corrected chi connectivity index (χ3v) is 9.62. The summed E-state index contributed by atoms with van der Waals surface area (Å²) in [5.41, 5.74) is 1.85. The lowest BCUT2D eigenvalue weighted by molar-refractivity contribution is -0.168. The van der Waals surface area contributed by atoms with Gasteiger partial charge in [-0.05, 0) is 41.0 Å². The minimum Gasteiger partial charge on any atom is -0.497 e. The van der Waals surface area contributed by atoms with E-state index in [1.165, 1.54) is 24.1 Å². The highest BCUT2D eigenvalue weighted by atomic mass is 16.7. The van der Waals surface area contributed by atoms with Crippen LogP contribution in [0.4, 0.5) is 5.82 Å². The van der Waals surface area contributed by atoms with Crippen LogP contribution < -0.4 is 10.1 Å². The van der Waals surface area contributed by atoms with Crippen molar-refractivity contribution < 1.29 is 48.0 Å². The average Bonchev–Trinajstić information content (AvgIpc) is 3.82. The van der Waals surface area contributed by atoms with Crippen LogP contribution in [0.25, 0.3) is 11.2 Å². The minimum absolute atomic E-state index is 0.108. The first kappa shape index (κ1) is 39.3. The lowest BCUT2D eigenvalue weighted by Gasteiger charge is -2.37. The molecule has 4 atom stereocenters. The second-order valence-electron chi connectivity index (χ2n) is 13.3. The van der Waals surface area contributed by atoms with E-state index in [2.05, 4.69) is 20.3 Å². The summed E-state index contributed by atoms with van der Waals surface area (Å²) >= 11 is 0. The van der Waals surface area contributed by atoms with E-state index in [4.69, 9.17) is 23.7 Å².